The molecule has 0 bridgehead atoms. The van der Waals surface area contributed by atoms with Gasteiger partial charge in [0.1, 0.15) is 11.3 Å². The van der Waals surface area contributed by atoms with E-state index in [2.05, 4.69) is 10.4 Å². The molecule has 1 N–H and O–H groups in total. The molecule has 0 spiro atoms. The van der Waals surface area contributed by atoms with Gasteiger partial charge in [0, 0.05) is 45.4 Å². The Morgan fingerprint density at radius 1 is 1.32 bits per heavy atom. The highest BCUT2D eigenvalue weighted by Crippen LogP contribution is 2.30. The molecule has 1 saturated heterocycles. The van der Waals surface area contributed by atoms with Gasteiger partial charge in [-0.3, -0.25) is 14.3 Å². The van der Waals surface area contributed by atoms with Crippen LogP contribution in [-0.4, -0.2) is 80.3 Å². The zero-order valence-corrected chi connectivity index (χ0v) is 15.3. The van der Waals surface area contributed by atoms with Crippen LogP contribution in [0, 0.1) is 0 Å². The lowest BCUT2D eigenvalue weighted by Gasteiger charge is -2.40. The molecular formula is C15H24N4O5S. The largest absolute Gasteiger partial charge is 0.383 e. The van der Waals surface area contributed by atoms with Crippen LogP contribution >= 0.6 is 0 Å². The normalized spacial score (nSPS) is 17.3. The number of hydrogen-bond acceptors (Lipinski definition) is 6. The number of rotatable bonds is 7. The molecule has 0 radical (unpaired) electrons. The Labute approximate surface area is 147 Å². The van der Waals surface area contributed by atoms with Crippen molar-refractivity contribution in [2.75, 3.05) is 45.4 Å². The van der Waals surface area contributed by atoms with Crippen LogP contribution in [0.15, 0.2) is 18.5 Å². The summed E-state index contributed by atoms with van der Waals surface area (Å²) >= 11 is 0. The summed E-state index contributed by atoms with van der Waals surface area (Å²) in [6.45, 7) is 1.38. The number of amides is 2. The quantitative estimate of drug-likeness (QED) is 0.615. The number of hydrogen-bond donors (Lipinski definition) is 1. The third kappa shape index (κ3) is 4.79. The van der Waals surface area contributed by atoms with Crippen LogP contribution in [0.5, 0.6) is 0 Å². The molecule has 1 aliphatic rings. The van der Waals surface area contributed by atoms with E-state index in [0.29, 0.717) is 39.1 Å². The number of likely N-dealkylation sites (tertiary alicyclic amines) is 1. The van der Waals surface area contributed by atoms with Crippen molar-refractivity contribution >= 4 is 21.7 Å². The van der Waals surface area contributed by atoms with Gasteiger partial charge >= 0.3 is 0 Å². The van der Waals surface area contributed by atoms with Crippen molar-refractivity contribution in [2.45, 2.75) is 18.4 Å². The van der Waals surface area contributed by atoms with E-state index in [4.69, 9.17) is 4.74 Å². The number of methoxy groups -OCH3 is 1. The molecule has 0 aliphatic carbocycles. The van der Waals surface area contributed by atoms with Crippen molar-refractivity contribution in [3.63, 3.8) is 0 Å². The Bertz CT molecular complexity index is 694. The Morgan fingerprint density at radius 2 is 2.00 bits per heavy atom. The van der Waals surface area contributed by atoms with Gasteiger partial charge in [0.15, 0.2) is 9.84 Å². The molecule has 2 rings (SSSR count). The molecule has 0 unspecified atom stereocenters. The van der Waals surface area contributed by atoms with Gasteiger partial charge < -0.3 is 15.0 Å². The third-order valence-electron chi connectivity index (χ3n) is 4.29. The van der Waals surface area contributed by atoms with E-state index in [1.807, 2.05) is 0 Å². The molecule has 10 heteroatoms. The molecule has 0 saturated carbocycles. The molecular weight excluding hydrogens is 348 g/mol. The minimum atomic E-state index is -3.38. The highest BCUT2D eigenvalue weighted by Gasteiger charge is 2.44. The lowest BCUT2D eigenvalue weighted by Crippen LogP contribution is -2.57. The molecule has 2 amide bonds. The number of sulfone groups is 1. The zero-order valence-electron chi connectivity index (χ0n) is 14.5. The highest BCUT2D eigenvalue weighted by molar-refractivity contribution is 7.91. The summed E-state index contributed by atoms with van der Waals surface area (Å²) in [5, 5.41) is 7.06. The number of carbonyl (C=O) groups is 2. The van der Waals surface area contributed by atoms with E-state index >= 15 is 0 Å². The molecule has 1 aromatic heterocycles. The van der Waals surface area contributed by atoms with E-state index in [0.717, 1.165) is 6.26 Å². The molecule has 25 heavy (non-hydrogen) atoms. The summed E-state index contributed by atoms with van der Waals surface area (Å²) in [4.78, 5) is 26.4. The average Bonchev–Trinajstić information content (AvgIpc) is 3.08. The van der Waals surface area contributed by atoms with Crippen molar-refractivity contribution in [2.24, 2.45) is 0 Å². The number of aromatic nitrogens is 2. The van der Waals surface area contributed by atoms with Crippen LogP contribution in [0.4, 0.5) is 0 Å². The van der Waals surface area contributed by atoms with Gasteiger partial charge in [0.05, 0.1) is 6.61 Å². The number of nitrogens with one attached hydrogen (secondary N) is 1. The van der Waals surface area contributed by atoms with Crippen LogP contribution in [0.25, 0.3) is 0 Å². The van der Waals surface area contributed by atoms with Crippen molar-refractivity contribution in [3.8, 4) is 0 Å². The molecule has 9 nitrogen and oxygen atoms in total. The standard InChI is InChI=1S/C15H24N4O5S/c1-24-11-7-16-14(21)15(19-8-3-6-17-19)4-9-18(10-5-15)13(20)12-25(2,22)23/h3,6,8H,4-5,7,9-12H2,1-2H3,(H,16,21). The molecule has 0 atom stereocenters. The summed E-state index contributed by atoms with van der Waals surface area (Å²) in [6.07, 6.45) is 5.09. The van der Waals surface area contributed by atoms with Crippen LogP contribution in [-0.2, 0) is 29.7 Å². The fourth-order valence-corrected chi connectivity index (χ4v) is 3.59. The summed E-state index contributed by atoms with van der Waals surface area (Å²) in [5.74, 6) is -1.12. The van der Waals surface area contributed by atoms with Gasteiger partial charge in [-0.2, -0.15) is 5.10 Å². The van der Waals surface area contributed by atoms with Gasteiger partial charge in [0.25, 0.3) is 0 Å². The first kappa shape index (κ1) is 19.4. The molecule has 140 valence electrons. The molecule has 2 heterocycles. The monoisotopic (exact) mass is 372 g/mol. The smallest absolute Gasteiger partial charge is 0.248 e. The topological polar surface area (TPSA) is 111 Å². The number of carbonyl (C=O) groups excluding carboxylic acids is 2. The minimum Gasteiger partial charge on any atom is -0.383 e. The minimum absolute atomic E-state index is 0.177. The second-order valence-electron chi connectivity index (χ2n) is 6.18. The second kappa shape index (κ2) is 7.96. The van der Waals surface area contributed by atoms with Crippen molar-refractivity contribution in [1.82, 2.24) is 20.0 Å². The van der Waals surface area contributed by atoms with Crippen molar-refractivity contribution in [3.05, 3.63) is 18.5 Å². The summed E-state index contributed by atoms with van der Waals surface area (Å²) < 4.78 is 29.2. The Balaban J connectivity index is 2.10. The van der Waals surface area contributed by atoms with E-state index < -0.39 is 27.0 Å². The fraction of sp³-hybridized carbons (Fsp3) is 0.667. The first-order valence-electron chi connectivity index (χ1n) is 8.01. The van der Waals surface area contributed by atoms with Gasteiger partial charge in [-0.15, -0.1) is 0 Å². The van der Waals surface area contributed by atoms with E-state index in [1.165, 1.54) is 4.90 Å². The first-order chi connectivity index (χ1) is 11.8. The maximum atomic E-state index is 12.8. The first-order valence-corrected chi connectivity index (χ1v) is 10.1. The van der Waals surface area contributed by atoms with Crippen LogP contribution in [0.3, 0.4) is 0 Å². The molecule has 0 aromatic carbocycles. The maximum absolute atomic E-state index is 12.8. The van der Waals surface area contributed by atoms with Crippen molar-refractivity contribution < 1.29 is 22.7 Å². The average molecular weight is 372 g/mol. The fourth-order valence-electron chi connectivity index (χ4n) is 2.95. The predicted molar refractivity (Wildman–Crippen MR) is 90.6 cm³/mol. The number of piperidine rings is 1. The van der Waals surface area contributed by atoms with Gasteiger partial charge in [-0.25, -0.2) is 8.42 Å². The highest BCUT2D eigenvalue weighted by atomic mass is 32.2. The Morgan fingerprint density at radius 3 is 2.52 bits per heavy atom. The number of nitrogens with zero attached hydrogens (tertiary/aromatic N) is 3. The van der Waals surface area contributed by atoms with E-state index in [-0.39, 0.29) is 5.91 Å². The van der Waals surface area contributed by atoms with E-state index in [9.17, 15) is 18.0 Å². The summed E-state index contributed by atoms with van der Waals surface area (Å²) in [5.41, 5.74) is -0.890. The third-order valence-corrected chi connectivity index (χ3v) is 5.06. The predicted octanol–water partition coefficient (Wildman–Crippen LogP) is -0.992. The molecule has 1 fully saturated rings. The zero-order chi connectivity index (χ0) is 18.5. The van der Waals surface area contributed by atoms with Crippen molar-refractivity contribution in [1.29, 1.82) is 0 Å². The van der Waals surface area contributed by atoms with Crippen LogP contribution in [0.2, 0.25) is 0 Å². The lowest BCUT2D eigenvalue weighted by atomic mass is 9.86. The van der Waals surface area contributed by atoms with E-state index in [1.54, 1.807) is 30.3 Å². The number of ether oxygens (including phenoxy) is 1. The maximum Gasteiger partial charge on any atom is 0.248 e. The van der Waals surface area contributed by atoms with Gasteiger partial charge in [-0.1, -0.05) is 0 Å². The van der Waals surface area contributed by atoms with Gasteiger partial charge in [0.2, 0.25) is 11.8 Å². The SMILES string of the molecule is COCCNC(=O)C1(n2cccn2)CCN(C(=O)CS(C)(=O)=O)CC1. The molecule has 1 aromatic rings. The van der Waals surface area contributed by atoms with Crippen LogP contribution in [0.1, 0.15) is 12.8 Å². The molecule has 1 aliphatic heterocycles. The Hall–Kier alpha value is -1.94. The summed E-state index contributed by atoms with van der Waals surface area (Å²) in [7, 11) is -1.82. The van der Waals surface area contributed by atoms with Gasteiger partial charge in [-0.05, 0) is 18.9 Å². The second-order valence-corrected chi connectivity index (χ2v) is 8.32. The lowest BCUT2D eigenvalue weighted by molar-refractivity contribution is -0.138. The Kier molecular flexibility index (Phi) is 6.17. The summed E-state index contributed by atoms with van der Waals surface area (Å²) in [6, 6.07) is 1.74. The van der Waals surface area contributed by atoms with Crippen LogP contribution < -0.4 is 5.32 Å².